The van der Waals surface area contributed by atoms with Crippen molar-refractivity contribution in [3.63, 3.8) is 0 Å². The molecule has 1 atom stereocenters. The van der Waals surface area contributed by atoms with E-state index in [0.29, 0.717) is 10.9 Å². The van der Waals surface area contributed by atoms with Crippen molar-refractivity contribution in [2.75, 3.05) is 5.32 Å². The van der Waals surface area contributed by atoms with Crippen molar-refractivity contribution in [1.82, 2.24) is 10.2 Å². The first-order valence-electron chi connectivity index (χ1n) is 6.96. The molecule has 1 aliphatic heterocycles. The molecule has 1 fully saturated rings. The van der Waals surface area contributed by atoms with Crippen molar-refractivity contribution in [3.05, 3.63) is 69.4 Å². The average Bonchev–Trinajstić information content (AvgIpc) is 3.24. The first-order chi connectivity index (χ1) is 10.3. The summed E-state index contributed by atoms with van der Waals surface area (Å²) < 4.78 is 0. The van der Waals surface area contributed by atoms with Crippen LogP contribution >= 0.6 is 11.6 Å². The van der Waals surface area contributed by atoms with Crippen molar-refractivity contribution >= 4 is 17.4 Å². The van der Waals surface area contributed by atoms with Gasteiger partial charge >= 0.3 is 0 Å². The summed E-state index contributed by atoms with van der Waals surface area (Å²) in [4.78, 5) is 3.83. The number of nitrogens with zero attached hydrogens (tertiary/aromatic N) is 2. The molecule has 5 heteroatoms. The highest BCUT2D eigenvalue weighted by Gasteiger charge is 2.38. The van der Waals surface area contributed by atoms with Crippen molar-refractivity contribution in [2.45, 2.75) is 18.8 Å². The predicted octanol–water partition coefficient (Wildman–Crippen LogP) is 4.16. The number of H-pyrrole nitrogens is 1. The van der Waals surface area contributed by atoms with Gasteiger partial charge in [-0.3, -0.25) is 5.10 Å². The second-order valence-corrected chi connectivity index (χ2v) is 5.87. The smallest absolute Gasteiger partial charge is 0.196 e. The fourth-order valence-electron chi connectivity index (χ4n) is 2.95. The van der Waals surface area contributed by atoms with E-state index in [4.69, 9.17) is 18.2 Å². The number of nitrogens with one attached hydrogen (secondary N) is 2. The van der Waals surface area contributed by atoms with Crippen molar-refractivity contribution < 1.29 is 0 Å². The summed E-state index contributed by atoms with van der Waals surface area (Å²) in [6, 6.07) is 7.73. The largest absolute Gasteiger partial charge is 0.354 e. The number of rotatable bonds is 2. The molecule has 0 spiro atoms. The van der Waals surface area contributed by atoms with Gasteiger partial charge < -0.3 is 5.32 Å². The lowest BCUT2D eigenvalue weighted by atomic mass is 9.86. The summed E-state index contributed by atoms with van der Waals surface area (Å²) in [5.41, 5.74) is 3.73. The van der Waals surface area contributed by atoms with Crippen LogP contribution < -0.4 is 5.32 Å². The zero-order chi connectivity index (χ0) is 14.4. The van der Waals surface area contributed by atoms with Gasteiger partial charge in [-0.25, -0.2) is 4.85 Å². The Balaban J connectivity index is 1.94. The van der Waals surface area contributed by atoms with E-state index in [1.807, 2.05) is 24.3 Å². The lowest BCUT2D eigenvalue weighted by Crippen LogP contribution is -2.18. The molecule has 1 aromatic carbocycles. The Labute approximate surface area is 127 Å². The maximum Gasteiger partial charge on any atom is 0.196 e. The molecular weight excluding hydrogens is 284 g/mol. The van der Waals surface area contributed by atoms with E-state index in [1.54, 1.807) is 6.20 Å². The normalized spacial score (nSPS) is 20.7. The second-order valence-electron chi connectivity index (χ2n) is 5.46. The molecule has 0 radical (unpaired) electrons. The Hall–Kier alpha value is -2.25. The molecule has 21 heavy (non-hydrogen) atoms. The van der Waals surface area contributed by atoms with Crippen LogP contribution in [0.1, 0.15) is 29.9 Å². The van der Waals surface area contributed by atoms with E-state index >= 15 is 0 Å². The monoisotopic (exact) mass is 296 g/mol. The maximum atomic E-state index is 7.65. The Morgan fingerprint density at radius 3 is 2.76 bits per heavy atom. The number of halogens is 1. The van der Waals surface area contributed by atoms with Crippen LogP contribution in [0.2, 0.25) is 5.02 Å². The van der Waals surface area contributed by atoms with Crippen molar-refractivity contribution in [3.8, 4) is 0 Å². The van der Waals surface area contributed by atoms with Crippen LogP contribution in [0, 0.1) is 12.5 Å². The van der Waals surface area contributed by atoms with Gasteiger partial charge in [-0.15, -0.1) is 0 Å². The fourth-order valence-corrected chi connectivity index (χ4v) is 3.19. The number of anilines is 1. The zero-order valence-corrected chi connectivity index (χ0v) is 12.0. The van der Waals surface area contributed by atoms with Gasteiger partial charge in [-0.05, 0) is 30.4 Å². The lowest BCUT2D eigenvalue weighted by molar-refractivity contribution is 0.873. The topological polar surface area (TPSA) is 45.1 Å². The van der Waals surface area contributed by atoms with Crippen molar-refractivity contribution in [1.29, 1.82) is 0 Å². The van der Waals surface area contributed by atoms with E-state index in [2.05, 4.69) is 20.4 Å². The highest BCUT2D eigenvalue weighted by Crippen LogP contribution is 2.49. The minimum Gasteiger partial charge on any atom is -0.354 e. The van der Waals surface area contributed by atoms with Gasteiger partial charge in [0.1, 0.15) is 5.82 Å². The number of aromatic amines is 1. The van der Waals surface area contributed by atoms with E-state index in [-0.39, 0.29) is 5.92 Å². The molecule has 1 aliphatic carbocycles. The van der Waals surface area contributed by atoms with Crippen LogP contribution in [-0.4, -0.2) is 10.2 Å². The average molecular weight is 297 g/mol. The van der Waals surface area contributed by atoms with Crippen LogP contribution in [-0.2, 0) is 0 Å². The van der Waals surface area contributed by atoms with Gasteiger partial charge in [0.25, 0.3) is 0 Å². The third kappa shape index (κ3) is 1.93. The predicted molar refractivity (Wildman–Crippen MR) is 81.9 cm³/mol. The molecule has 1 unspecified atom stereocenters. The highest BCUT2D eigenvalue weighted by molar-refractivity contribution is 6.31. The number of allylic oxidation sites excluding steroid dienone is 2. The molecule has 1 saturated carbocycles. The highest BCUT2D eigenvalue weighted by atomic mass is 35.5. The summed E-state index contributed by atoms with van der Waals surface area (Å²) in [5, 5.41) is 11.2. The minimum absolute atomic E-state index is 0.137. The van der Waals surface area contributed by atoms with Gasteiger partial charge in [0, 0.05) is 16.3 Å². The summed E-state index contributed by atoms with van der Waals surface area (Å²) in [5.74, 6) is 1.21. The molecule has 2 N–H and O–H groups in total. The van der Waals surface area contributed by atoms with Crippen molar-refractivity contribution in [2.24, 2.45) is 5.92 Å². The maximum absolute atomic E-state index is 7.65. The van der Waals surface area contributed by atoms with Crippen LogP contribution in [0.5, 0.6) is 0 Å². The summed E-state index contributed by atoms with van der Waals surface area (Å²) in [6.45, 7) is 7.65. The first kappa shape index (κ1) is 12.5. The molecule has 0 saturated heterocycles. The Morgan fingerprint density at radius 1 is 1.24 bits per heavy atom. The molecule has 0 bridgehead atoms. The number of aromatic nitrogens is 2. The second kappa shape index (κ2) is 4.64. The fraction of sp³-hybridized carbons (Fsp3) is 0.250. The van der Waals surface area contributed by atoms with E-state index in [9.17, 15) is 0 Å². The van der Waals surface area contributed by atoms with Gasteiger partial charge in [0.2, 0.25) is 0 Å². The lowest BCUT2D eigenvalue weighted by Gasteiger charge is -2.26. The number of hydrogen-bond acceptors (Lipinski definition) is 2. The summed E-state index contributed by atoms with van der Waals surface area (Å²) >= 11 is 6.38. The van der Waals surface area contributed by atoms with Gasteiger partial charge in [-0.2, -0.15) is 5.10 Å². The SMILES string of the molecule is [C-]#[N+]C1=C(C2CC2)Nc2[nH]ncc2C1c1ccccc1Cl. The molecule has 0 amide bonds. The molecule has 4 nitrogen and oxygen atoms in total. The van der Waals surface area contributed by atoms with Crippen LogP contribution in [0.15, 0.2) is 41.9 Å². The molecular formula is C16H13ClN4. The molecule has 104 valence electrons. The third-order valence-electron chi connectivity index (χ3n) is 4.11. The van der Waals surface area contributed by atoms with Gasteiger partial charge in [-0.1, -0.05) is 29.8 Å². The first-order valence-corrected chi connectivity index (χ1v) is 7.33. The molecule has 2 heterocycles. The number of fused-ring (bicyclic) bond motifs is 1. The van der Waals surface area contributed by atoms with E-state index in [1.165, 1.54) is 0 Å². The Morgan fingerprint density at radius 2 is 2.05 bits per heavy atom. The van der Waals surface area contributed by atoms with E-state index < -0.39 is 0 Å². The van der Waals surface area contributed by atoms with Crippen LogP contribution in [0.4, 0.5) is 5.82 Å². The number of benzene rings is 1. The molecule has 4 rings (SSSR count). The molecule has 2 aliphatic rings. The molecule has 1 aromatic heterocycles. The van der Waals surface area contributed by atoms with Crippen LogP contribution in [0.25, 0.3) is 4.85 Å². The number of hydrogen-bond donors (Lipinski definition) is 2. The van der Waals surface area contributed by atoms with Gasteiger partial charge in [0.05, 0.1) is 18.7 Å². The van der Waals surface area contributed by atoms with E-state index in [0.717, 1.165) is 41.2 Å². The van der Waals surface area contributed by atoms with Gasteiger partial charge in [0.15, 0.2) is 5.70 Å². The Bertz CT molecular complexity index is 780. The summed E-state index contributed by atoms with van der Waals surface area (Å²) in [6.07, 6.45) is 4.06. The molecule has 2 aromatic rings. The minimum atomic E-state index is -0.137. The quantitative estimate of drug-likeness (QED) is 0.817. The Kier molecular flexibility index (Phi) is 2.76. The third-order valence-corrected chi connectivity index (χ3v) is 4.46. The zero-order valence-electron chi connectivity index (χ0n) is 11.2. The standard InChI is InChI=1S/C16H13ClN4/c1-18-15-13(10-4-2-3-5-12(10)17)11-8-19-21-16(11)20-14(15)9-6-7-9/h2-5,8-9,13H,6-7H2,(H2,19,20,21). The summed E-state index contributed by atoms with van der Waals surface area (Å²) in [7, 11) is 0. The van der Waals surface area contributed by atoms with Crippen LogP contribution in [0.3, 0.4) is 0 Å².